The van der Waals surface area contributed by atoms with Gasteiger partial charge in [0.25, 0.3) is 0 Å². The summed E-state index contributed by atoms with van der Waals surface area (Å²) in [6.45, 7) is 5.09. The van der Waals surface area contributed by atoms with Crippen LogP contribution in [0.5, 0.6) is 5.75 Å². The van der Waals surface area contributed by atoms with E-state index in [1.807, 2.05) is 18.2 Å². The second kappa shape index (κ2) is 13.5. The molecule has 0 aliphatic rings. The molecule has 0 atom stereocenters. The molecule has 0 saturated heterocycles. The van der Waals surface area contributed by atoms with E-state index in [2.05, 4.69) is 29.1 Å². The zero-order chi connectivity index (χ0) is 20.9. The molecular formula is C22H33ClN4OS. The minimum absolute atomic E-state index is 0.494. The van der Waals surface area contributed by atoms with E-state index in [4.69, 9.17) is 28.6 Å². The summed E-state index contributed by atoms with van der Waals surface area (Å²) in [5.74, 6) is 1.56. The summed E-state index contributed by atoms with van der Waals surface area (Å²) in [5, 5.41) is 12.1. The van der Waals surface area contributed by atoms with Gasteiger partial charge in [-0.2, -0.15) is 14.9 Å². The molecule has 0 unspecified atom stereocenters. The highest BCUT2D eigenvalue weighted by Crippen LogP contribution is 2.25. The molecule has 160 valence electrons. The first-order valence-corrected chi connectivity index (χ1v) is 11.6. The number of aryl methyl sites for hydroxylation is 1. The average Bonchev–Trinajstić information content (AvgIpc) is 3.07. The van der Waals surface area contributed by atoms with E-state index >= 15 is 0 Å². The van der Waals surface area contributed by atoms with Crippen LogP contribution in [0.15, 0.2) is 23.3 Å². The lowest BCUT2D eigenvalue weighted by atomic mass is 10.1. The van der Waals surface area contributed by atoms with Crippen LogP contribution in [-0.4, -0.2) is 27.7 Å². The average molecular weight is 437 g/mol. The van der Waals surface area contributed by atoms with Crippen molar-refractivity contribution in [3.63, 3.8) is 0 Å². The Morgan fingerprint density at radius 2 is 1.83 bits per heavy atom. The molecule has 0 radical (unpaired) electrons. The molecule has 0 saturated carbocycles. The first kappa shape index (κ1) is 23.6. The van der Waals surface area contributed by atoms with Crippen LogP contribution in [0, 0.1) is 4.77 Å². The third-order valence-electron chi connectivity index (χ3n) is 4.76. The minimum atomic E-state index is 0.494. The molecule has 2 rings (SSSR count). The Morgan fingerprint density at radius 1 is 1.10 bits per heavy atom. The van der Waals surface area contributed by atoms with Crippen molar-refractivity contribution in [2.75, 3.05) is 6.61 Å². The zero-order valence-corrected chi connectivity index (χ0v) is 19.2. The monoisotopic (exact) mass is 436 g/mol. The number of unbranched alkanes of at least 4 members (excludes halogenated alkanes) is 7. The maximum absolute atomic E-state index is 6.39. The van der Waals surface area contributed by atoms with Crippen LogP contribution in [0.3, 0.4) is 0 Å². The molecule has 1 N–H and O–H groups in total. The van der Waals surface area contributed by atoms with Gasteiger partial charge >= 0.3 is 0 Å². The summed E-state index contributed by atoms with van der Waals surface area (Å²) in [7, 11) is 0. The number of rotatable bonds is 14. The highest BCUT2D eigenvalue weighted by molar-refractivity contribution is 7.71. The Hall–Kier alpha value is -1.66. The van der Waals surface area contributed by atoms with Crippen LogP contribution in [-0.2, 0) is 6.42 Å². The van der Waals surface area contributed by atoms with E-state index in [0.29, 0.717) is 16.4 Å². The number of benzene rings is 1. The van der Waals surface area contributed by atoms with Gasteiger partial charge in [-0.05, 0) is 48.8 Å². The van der Waals surface area contributed by atoms with Gasteiger partial charge in [-0.1, -0.05) is 70.4 Å². The Kier molecular flexibility index (Phi) is 11.0. The number of ether oxygens (including phenoxy) is 1. The fourth-order valence-corrected chi connectivity index (χ4v) is 3.46. The van der Waals surface area contributed by atoms with E-state index in [-0.39, 0.29) is 0 Å². The molecular weight excluding hydrogens is 404 g/mol. The van der Waals surface area contributed by atoms with Gasteiger partial charge in [0.1, 0.15) is 5.75 Å². The molecule has 0 bridgehead atoms. The molecule has 0 spiro atoms. The molecule has 7 heteroatoms. The molecule has 5 nitrogen and oxygen atoms in total. The third kappa shape index (κ3) is 8.31. The lowest BCUT2D eigenvalue weighted by Gasteiger charge is -2.08. The van der Waals surface area contributed by atoms with Crippen molar-refractivity contribution >= 4 is 30.0 Å². The normalized spacial score (nSPS) is 11.4. The smallest absolute Gasteiger partial charge is 0.216 e. The molecule has 0 amide bonds. The topological polar surface area (TPSA) is 55.2 Å². The molecule has 0 fully saturated rings. The number of hydrogen-bond donors (Lipinski definition) is 1. The van der Waals surface area contributed by atoms with Crippen molar-refractivity contribution in [3.05, 3.63) is 39.4 Å². The summed E-state index contributed by atoms with van der Waals surface area (Å²) in [4.78, 5) is 0. The van der Waals surface area contributed by atoms with Gasteiger partial charge in [0.15, 0.2) is 5.82 Å². The Bertz CT molecular complexity index is 815. The lowest BCUT2D eigenvalue weighted by molar-refractivity contribution is 0.304. The molecule has 1 aromatic heterocycles. The quantitative estimate of drug-likeness (QED) is 0.198. The fourth-order valence-electron chi connectivity index (χ4n) is 3.02. The number of hydrogen-bond acceptors (Lipinski definition) is 4. The largest absolute Gasteiger partial charge is 0.492 e. The summed E-state index contributed by atoms with van der Waals surface area (Å²) in [6.07, 6.45) is 13.6. The number of aromatic amines is 1. The van der Waals surface area contributed by atoms with Crippen molar-refractivity contribution < 1.29 is 4.74 Å². The van der Waals surface area contributed by atoms with E-state index in [1.165, 1.54) is 38.5 Å². The fraction of sp³-hybridized carbons (Fsp3) is 0.591. The summed E-state index contributed by atoms with van der Waals surface area (Å²) < 4.78 is 8.00. The van der Waals surface area contributed by atoms with Crippen molar-refractivity contribution in [2.45, 2.75) is 78.1 Å². The second-order valence-electron chi connectivity index (χ2n) is 7.26. The van der Waals surface area contributed by atoms with E-state index in [1.54, 1.807) is 10.9 Å². The SMILES string of the molecule is CCCCCCCCCOc1ccc(/C=N\n2c(CCCC)n[nH]c2=S)cc1Cl. The lowest BCUT2D eigenvalue weighted by Crippen LogP contribution is -2.00. The molecule has 0 aliphatic heterocycles. The standard InChI is InChI=1S/C22H33ClN4OS/c1-3-5-7-8-9-10-11-15-28-20-14-13-18(16-19(20)23)17-24-27-21(12-6-4-2)25-26-22(27)29/h13-14,16-17H,3-12,15H2,1-2H3,(H,26,29)/b24-17-. The number of nitrogens with one attached hydrogen (secondary N) is 1. The van der Waals surface area contributed by atoms with Crippen LogP contribution >= 0.6 is 23.8 Å². The van der Waals surface area contributed by atoms with Crippen LogP contribution in [0.4, 0.5) is 0 Å². The first-order chi connectivity index (χ1) is 14.2. The third-order valence-corrected chi connectivity index (χ3v) is 5.31. The van der Waals surface area contributed by atoms with E-state index in [9.17, 15) is 0 Å². The predicted octanol–water partition coefficient (Wildman–Crippen LogP) is 6.95. The molecule has 0 aliphatic carbocycles. The Balaban J connectivity index is 1.84. The van der Waals surface area contributed by atoms with Crippen LogP contribution in [0.1, 0.15) is 83.0 Å². The highest BCUT2D eigenvalue weighted by Gasteiger charge is 2.05. The van der Waals surface area contributed by atoms with Crippen molar-refractivity contribution in [1.82, 2.24) is 14.9 Å². The van der Waals surface area contributed by atoms with E-state index < -0.39 is 0 Å². The maximum atomic E-state index is 6.39. The molecule has 1 heterocycles. The second-order valence-corrected chi connectivity index (χ2v) is 8.06. The van der Waals surface area contributed by atoms with Crippen molar-refractivity contribution in [1.29, 1.82) is 0 Å². The number of halogens is 1. The van der Waals surface area contributed by atoms with Crippen LogP contribution in [0.25, 0.3) is 0 Å². The van der Waals surface area contributed by atoms with Crippen molar-refractivity contribution in [2.24, 2.45) is 5.10 Å². The predicted molar refractivity (Wildman–Crippen MR) is 124 cm³/mol. The number of aromatic nitrogens is 3. The van der Waals surface area contributed by atoms with E-state index in [0.717, 1.165) is 42.8 Å². The van der Waals surface area contributed by atoms with Gasteiger partial charge in [0.05, 0.1) is 17.8 Å². The van der Waals surface area contributed by atoms with Crippen molar-refractivity contribution in [3.8, 4) is 5.75 Å². The maximum Gasteiger partial charge on any atom is 0.216 e. The van der Waals surface area contributed by atoms with Gasteiger partial charge in [-0.25, -0.2) is 0 Å². The molecule has 29 heavy (non-hydrogen) atoms. The zero-order valence-electron chi connectivity index (χ0n) is 17.6. The summed E-state index contributed by atoms with van der Waals surface area (Å²) in [6, 6.07) is 5.71. The molecule has 2 aromatic rings. The summed E-state index contributed by atoms with van der Waals surface area (Å²) >= 11 is 11.7. The Morgan fingerprint density at radius 3 is 2.55 bits per heavy atom. The first-order valence-electron chi connectivity index (χ1n) is 10.8. The van der Waals surface area contributed by atoms with Gasteiger partial charge in [0, 0.05) is 6.42 Å². The van der Waals surface area contributed by atoms with Gasteiger partial charge in [0.2, 0.25) is 4.77 Å². The van der Waals surface area contributed by atoms with Gasteiger partial charge in [-0.15, -0.1) is 0 Å². The Labute approximate surface area is 184 Å². The van der Waals surface area contributed by atoms with Crippen LogP contribution in [0.2, 0.25) is 5.02 Å². The molecule has 1 aromatic carbocycles. The summed E-state index contributed by atoms with van der Waals surface area (Å²) in [5.41, 5.74) is 0.891. The highest BCUT2D eigenvalue weighted by atomic mass is 35.5. The minimum Gasteiger partial charge on any atom is -0.492 e. The van der Waals surface area contributed by atoms with Gasteiger partial charge in [-0.3, -0.25) is 5.10 Å². The number of nitrogens with zero attached hydrogens (tertiary/aromatic N) is 3. The van der Waals surface area contributed by atoms with Crippen LogP contribution < -0.4 is 4.74 Å². The van der Waals surface area contributed by atoms with Gasteiger partial charge < -0.3 is 4.74 Å². The number of H-pyrrole nitrogens is 1.